The Morgan fingerprint density at radius 2 is 1.95 bits per heavy atom. The quantitative estimate of drug-likeness (QED) is 0.805. The van der Waals surface area contributed by atoms with Gasteiger partial charge in [-0.15, -0.1) is 0 Å². The molecule has 0 saturated carbocycles. The lowest BCUT2D eigenvalue weighted by molar-refractivity contribution is -0.152. The molecule has 0 aromatic carbocycles. The van der Waals surface area contributed by atoms with Gasteiger partial charge in [-0.2, -0.15) is 0 Å². The molecule has 0 aliphatic heterocycles. The number of furan rings is 1. The minimum Gasteiger partial charge on any atom is -0.481 e. The molecule has 1 atom stereocenters. The summed E-state index contributed by atoms with van der Waals surface area (Å²) in [6, 6.07) is 3.37. The van der Waals surface area contributed by atoms with Crippen LogP contribution in [0.3, 0.4) is 0 Å². The lowest BCUT2D eigenvalue weighted by Gasteiger charge is -2.26. The number of amides is 1. The van der Waals surface area contributed by atoms with Gasteiger partial charge in [-0.05, 0) is 38.8 Å². The highest BCUT2D eigenvalue weighted by Gasteiger charge is 2.37. The SMILES string of the molecule is CCC(CC)(CC(=O)NC(C)c1ccc(C)o1)C(=O)O. The summed E-state index contributed by atoms with van der Waals surface area (Å²) in [4.78, 5) is 23.4. The van der Waals surface area contributed by atoms with Crippen LogP contribution in [0.15, 0.2) is 16.5 Å². The third-order valence-corrected chi connectivity index (χ3v) is 3.87. The van der Waals surface area contributed by atoms with Gasteiger partial charge < -0.3 is 14.8 Å². The van der Waals surface area contributed by atoms with E-state index in [1.54, 1.807) is 13.8 Å². The second kappa shape index (κ2) is 6.59. The van der Waals surface area contributed by atoms with E-state index >= 15 is 0 Å². The Labute approximate surface area is 119 Å². The van der Waals surface area contributed by atoms with E-state index in [2.05, 4.69) is 5.32 Å². The Morgan fingerprint density at radius 3 is 2.35 bits per heavy atom. The normalized spacial score (nSPS) is 13.0. The van der Waals surface area contributed by atoms with Gasteiger partial charge in [0, 0.05) is 6.42 Å². The highest BCUT2D eigenvalue weighted by molar-refractivity contribution is 5.85. The van der Waals surface area contributed by atoms with E-state index in [9.17, 15) is 14.7 Å². The highest BCUT2D eigenvalue weighted by atomic mass is 16.4. The maximum absolute atomic E-state index is 12.1. The maximum atomic E-state index is 12.1. The van der Waals surface area contributed by atoms with Crippen LogP contribution < -0.4 is 5.32 Å². The van der Waals surface area contributed by atoms with Crippen molar-refractivity contribution in [1.29, 1.82) is 0 Å². The molecule has 0 bridgehead atoms. The van der Waals surface area contributed by atoms with Gasteiger partial charge in [0.1, 0.15) is 11.5 Å². The minimum absolute atomic E-state index is 0.0145. The number of carboxylic acid groups (broad SMARTS) is 1. The van der Waals surface area contributed by atoms with Gasteiger partial charge in [0.2, 0.25) is 5.91 Å². The molecule has 1 amide bonds. The van der Waals surface area contributed by atoms with Crippen LogP contribution in [0.25, 0.3) is 0 Å². The first-order valence-corrected chi connectivity index (χ1v) is 6.93. The molecule has 1 aromatic rings. The van der Waals surface area contributed by atoms with Crippen molar-refractivity contribution in [1.82, 2.24) is 5.32 Å². The van der Waals surface area contributed by atoms with Crippen molar-refractivity contribution in [2.45, 2.75) is 53.0 Å². The van der Waals surface area contributed by atoms with Crippen LogP contribution in [-0.4, -0.2) is 17.0 Å². The van der Waals surface area contributed by atoms with Gasteiger partial charge in [-0.25, -0.2) is 0 Å². The molecule has 5 heteroatoms. The van der Waals surface area contributed by atoms with Gasteiger partial charge in [0.25, 0.3) is 0 Å². The number of aryl methyl sites for hydroxylation is 1. The summed E-state index contributed by atoms with van der Waals surface area (Å²) >= 11 is 0. The molecule has 0 radical (unpaired) electrons. The molecule has 0 spiro atoms. The van der Waals surface area contributed by atoms with Crippen LogP contribution in [0.1, 0.15) is 57.6 Å². The fourth-order valence-electron chi connectivity index (χ4n) is 2.24. The van der Waals surface area contributed by atoms with Gasteiger partial charge in [0.15, 0.2) is 0 Å². The lowest BCUT2D eigenvalue weighted by Crippen LogP contribution is -2.37. The smallest absolute Gasteiger partial charge is 0.310 e. The van der Waals surface area contributed by atoms with E-state index in [0.717, 1.165) is 5.76 Å². The maximum Gasteiger partial charge on any atom is 0.310 e. The summed E-state index contributed by atoms with van der Waals surface area (Å²) in [6.07, 6.45) is 0.848. The van der Waals surface area contributed by atoms with Crippen LogP contribution in [0.4, 0.5) is 0 Å². The Morgan fingerprint density at radius 1 is 1.35 bits per heavy atom. The van der Waals surface area contributed by atoms with Crippen molar-refractivity contribution < 1.29 is 19.1 Å². The number of hydrogen-bond donors (Lipinski definition) is 2. The summed E-state index contributed by atoms with van der Waals surface area (Å²) in [5, 5.41) is 12.1. The molecule has 0 fully saturated rings. The number of nitrogens with one attached hydrogen (secondary N) is 1. The molecule has 1 aromatic heterocycles. The average molecular weight is 281 g/mol. The number of hydrogen-bond acceptors (Lipinski definition) is 3. The Hall–Kier alpha value is -1.78. The first-order chi connectivity index (χ1) is 9.34. The van der Waals surface area contributed by atoms with Crippen molar-refractivity contribution >= 4 is 11.9 Å². The van der Waals surface area contributed by atoms with Gasteiger partial charge in [-0.1, -0.05) is 13.8 Å². The van der Waals surface area contributed by atoms with E-state index < -0.39 is 11.4 Å². The molecule has 1 unspecified atom stereocenters. The summed E-state index contributed by atoms with van der Waals surface area (Å²) < 4.78 is 5.45. The third kappa shape index (κ3) is 3.62. The summed E-state index contributed by atoms with van der Waals surface area (Å²) in [6.45, 7) is 7.24. The zero-order chi connectivity index (χ0) is 15.3. The molecule has 0 saturated heterocycles. The summed E-state index contributed by atoms with van der Waals surface area (Å²) in [5.41, 5.74) is -0.983. The second-order valence-corrected chi connectivity index (χ2v) is 5.21. The molecule has 112 valence electrons. The molecular weight excluding hydrogens is 258 g/mol. The van der Waals surface area contributed by atoms with E-state index in [-0.39, 0.29) is 18.4 Å². The van der Waals surface area contributed by atoms with Gasteiger partial charge >= 0.3 is 5.97 Å². The van der Waals surface area contributed by atoms with Crippen molar-refractivity contribution in [3.63, 3.8) is 0 Å². The first-order valence-electron chi connectivity index (χ1n) is 6.93. The van der Waals surface area contributed by atoms with Crippen LogP contribution in [0.2, 0.25) is 0 Å². The summed E-state index contributed by atoms with van der Waals surface area (Å²) in [7, 11) is 0. The van der Waals surface area contributed by atoms with Crippen molar-refractivity contribution in [3.05, 3.63) is 23.7 Å². The van der Waals surface area contributed by atoms with Crippen LogP contribution in [0, 0.1) is 12.3 Å². The molecule has 20 heavy (non-hydrogen) atoms. The molecular formula is C15H23NO4. The number of rotatable bonds is 7. The predicted molar refractivity (Wildman–Crippen MR) is 75.3 cm³/mol. The fraction of sp³-hybridized carbons (Fsp3) is 0.600. The van der Waals surface area contributed by atoms with E-state index in [4.69, 9.17) is 4.42 Å². The standard InChI is InChI=1S/C15H23NO4/c1-5-15(6-2,14(18)19)9-13(17)16-11(4)12-8-7-10(3)20-12/h7-8,11H,5-6,9H2,1-4H3,(H,16,17)(H,18,19). The van der Waals surface area contributed by atoms with Crippen molar-refractivity contribution in [2.24, 2.45) is 5.41 Å². The number of carbonyl (C=O) groups excluding carboxylic acids is 1. The van der Waals surface area contributed by atoms with E-state index in [1.807, 2.05) is 26.0 Å². The molecule has 1 heterocycles. The molecule has 2 N–H and O–H groups in total. The van der Waals surface area contributed by atoms with Crippen molar-refractivity contribution in [3.8, 4) is 0 Å². The Balaban J connectivity index is 2.69. The number of carboxylic acids is 1. The Bertz CT molecular complexity index is 474. The van der Waals surface area contributed by atoms with Crippen molar-refractivity contribution in [2.75, 3.05) is 0 Å². The molecule has 0 aliphatic rings. The molecule has 5 nitrogen and oxygen atoms in total. The third-order valence-electron chi connectivity index (χ3n) is 3.87. The topological polar surface area (TPSA) is 79.5 Å². The average Bonchev–Trinajstić information content (AvgIpc) is 2.82. The second-order valence-electron chi connectivity index (χ2n) is 5.21. The lowest BCUT2D eigenvalue weighted by atomic mass is 9.79. The van der Waals surface area contributed by atoms with E-state index in [1.165, 1.54) is 0 Å². The fourth-order valence-corrected chi connectivity index (χ4v) is 2.24. The highest BCUT2D eigenvalue weighted by Crippen LogP contribution is 2.31. The van der Waals surface area contributed by atoms with Crippen LogP contribution in [-0.2, 0) is 9.59 Å². The van der Waals surface area contributed by atoms with Gasteiger partial charge in [0.05, 0.1) is 11.5 Å². The monoisotopic (exact) mass is 281 g/mol. The van der Waals surface area contributed by atoms with Crippen LogP contribution >= 0.6 is 0 Å². The largest absolute Gasteiger partial charge is 0.481 e. The van der Waals surface area contributed by atoms with E-state index in [0.29, 0.717) is 18.6 Å². The molecule has 0 aliphatic carbocycles. The number of carbonyl (C=O) groups is 2. The summed E-state index contributed by atoms with van der Waals surface area (Å²) in [5.74, 6) is 0.268. The van der Waals surface area contributed by atoms with Gasteiger partial charge in [-0.3, -0.25) is 9.59 Å². The molecule has 1 rings (SSSR count). The Kier molecular flexibility index (Phi) is 5.36. The zero-order valence-corrected chi connectivity index (χ0v) is 12.5. The van der Waals surface area contributed by atoms with Crippen LogP contribution in [0.5, 0.6) is 0 Å². The minimum atomic E-state index is -0.983. The number of aliphatic carboxylic acids is 1. The predicted octanol–water partition coefficient (Wildman–Crippen LogP) is 3.05. The first kappa shape index (κ1) is 16.3. The zero-order valence-electron chi connectivity index (χ0n) is 12.5.